The van der Waals surface area contributed by atoms with Crippen molar-refractivity contribution in [3.05, 3.63) is 51.2 Å². The molecule has 0 spiro atoms. The number of anilines is 1. The van der Waals surface area contributed by atoms with Gasteiger partial charge in [0.1, 0.15) is 0 Å². The van der Waals surface area contributed by atoms with Crippen molar-refractivity contribution < 1.29 is 9.59 Å². The number of aryl methyl sites for hydroxylation is 2. The molecule has 2 aliphatic rings. The number of hydrogen-bond acceptors (Lipinski definition) is 4. The molecule has 1 aliphatic heterocycles. The molecule has 2 N–H and O–H groups in total. The van der Waals surface area contributed by atoms with Crippen LogP contribution in [-0.4, -0.2) is 36.3 Å². The standard InChI is InChI=1S/C22H27N3O2S/c1-14-4-3-5-15(2)21(14)24-19(26)12-23-20(27)13-25-10-8-18-17(9-11-28-18)22(25)16-6-7-16/h3-5,9,11,16,22H,6-8,10,12-13H2,1-2H3,(H,23,27)(H,24,26)/t22-/m1/s1. The Morgan fingerprint density at radius 3 is 2.61 bits per heavy atom. The zero-order chi connectivity index (χ0) is 19.7. The molecule has 1 atom stereocenters. The van der Waals surface area contributed by atoms with Gasteiger partial charge in [-0.1, -0.05) is 18.2 Å². The van der Waals surface area contributed by atoms with Crippen LogP contribution >= 0.6 is 11.3 Å². The van der Waals surface area contributed by atoms with Gasteiger partial charge in [0.2, 0.25) is 11.8 Å². The Morgan fingerprint density at radius 2 is 1.89 bits per heavy atom. The molecule has 1 fully saturated rings. The van der Waals surface area contributed by atoms with Gasteiger partial charge in [0.15, 0.2) is 0 Å². The van der Waals surface area contributed by atoms with Gasteiger partial charge in [-0.2, -0.15) is 0 Å². The molecule has 2 heterocycles. The lowest BCUT2D eigenvalue weighted by molar-refractivity contribution is -0.125. The van der Waals surface area contributed by atoms with Crippen molar-refractivity contribution in [3.8, 4) is 0 Å². The Labute approximate surface area is 170 Å². The van der Waals surface area contributed by atoms with Crippen LogP contribution in [0.25, 0.3) is 0 Å². The van der Waals surface area contributed by atoms with E-state index in [1.54, 1.807) is 0 Å². The minimum absolute atomic E-state index is 0.00174. The number of nitrogens with zero attached hydrogens (tertiary/aromatic N) is 1. The minimum atomic E-state index is -0.191. The average Bonchev–Trinajstić information content (AvgIpc) is 3.39. The molecule has 2 amide bonds. The molecule has 5 nitrogen and oxygen atoms in total. The van der Waals surface area contributed by atoms with E-state index >= 15 is 0 Å². The van der Waals surface area contributed by atoms with Crippen molar-refractivity contribution in [1.29, 1.82) is 0 Å². The van der Waals surface area contributed by atoms with E-state index in [2.05, 4.69) is 27.0 Å². The van der Waals surface area contributed by atoms with Crippen LogP contribution in [0.15, 0.2) is 29.6 Å². The molecule has 1 aliphatic carbocycles. The maximum atomic E-state index is 12.5. The van der Waals surface area contributed by atoms with Crippen LogP contribution in [-0.2, 0) is 16.0 Å². The van der Waals surface area contributed by atoms with E-state index in [9.17, 15) is 9.59 Å². The lowest BCUT2D eigenvalue weighted by Gasteiger charge is -2.35. The van der Waals surface area contributed by atoms with Gasteiger partial charge in [-0.25, -0.2) is 0 Å². The molecule has 28 heavy (non-hydrogen) atoms. The molecule has 0 radical (unpaired) electrons. The number of carbonyl (C=O) groups excluding carboxylic acids is 2. The van der Waals surface area contributed by atoms with Gasteiger partial charge in [0.25, 0.3) is 0 Å². The maximum Gasteiger partial charge on any atom is 0.243 e. The second-order valence-electron chi connectivity index (χ2n) is 7.89. The third-order valence-corrected chi connectivity index (χ3v) is 6.72. The van der Waals surface area contributed by atoms with E-state index in [0.29, 0.717) is 18.5 Å². The number of rotatable bonds is 6. The SMILES string of the molecule is Cc1cccc(C)c1NC(=O)CNC(=O)CN1CCc2sccc2[C@H]1C1CC1. The molecule has 148 valence electrons. The zero-order valence-corrected chi connectivity index (χ0v) is 17.3. The van der Waals surface area contributed by atoms with Gasteiger partial charge in [0.05, 0.1) is 13.1 Å². The molecular weight excluding hydrogens is 370 g/mol. The topological polar surface area (TPSA) is 61.4 Å². The highest BCUT2D eigenvalue weighted by Gasteiger charge is 2.40. The zero-order valence-electron chi connectivity index (χ0n) is 16.5. The first-order valence-corrected chi connectivity index (χ1v) is 10.8. The van der Waals surface area contributed by atoms with Gasteiger partial charge >= 0.3 is 0 Å². The normalized spacial score (nSPS) is 19.1. The van der Waals surface area contributed by atoms with E-state index in [4.69, 9.17) is 0 Å². The maximum absolute atomic E-state index is 12.5. The molecular formula is C22H27N3O2S. The van der Waals surface area contributed by atoms with Crippen LogP contribution in [0.2, 0.25) is 0 Å². The van der Waals surface area contributed by atoms with Gasteiger partial charge in [0, 0.05) is 23.2 Å². The van der Waals surface area contributed by atoms with Crippen molar-refractivity contribution in [2.45, 2.75) is 39.2 Å². The largest absolute Gasteiger partial charge is 0.346 e. The third-order valence-electron chi connectivity index (χ3n) is 5.72. The predicted octanol–water partition coefficient (Wildman–Crippen LogP) is 3.43. The molecule has 0 unspecified atom stereocenters. The summed E-state index contributed by atoms with van der Waals surface area (Å²) in [6, 6.07) is 8.49. The molecule has 2 aromatic rings. The smallest absolute Gasteiger partial charge is 0.243 e. The van der Waals surface area contributed by atoms with E-state index in [1.807, 2.05) is 43.4 Å². The monoisotopic (exact) mass is 397 g/mol. The average molecular weight is 398 g/mol. The summed E-state index contributed by atoms with van der Waals surface area (Å²) >= 11 is 1.83. The second-order valence-corrected chi connectivity index (χ2v) is 8.89. The Balaban J connectivity index is 1.31. The first-order valence-electron chi connectivity index (χ1n) is 9.96. The van der Waals surface area contributed by atoms with Gasteiger partial charge in [-0.15, -0.1) is 11.3 Å². The van der Waals surface area contributed by atoms with Gasteiger partial charge in [-0.05, 0) is 67.2 Å². The Morgan fingerprint density at radius 1 is 1.14 bits per heavy atom. The van der Waals surface area contributed by atoms with Gasteiger partial charge < -0.3 is 10.6 Å². The van der Waals surface area contributed by atoms with E-state index in [1.165, 1.54) is 23.3 Å². The third kappa shape index (κ3) is 4.13. The molecule has 0 bridgehead atoms. The van der Waals surface area contributed by atoms with Crippen molar-refractivity contribution in [1.82, 2.24) is 10.2 Å². The summed E-state index contributed by atoms with van der Waals surface area (Å²) in [6.07, 6.45) is 3.50. The first kappa shape index (κ1) is 19.2. The molecule has 4 rings (SSSR count). The number of benzene rings is 1. The number of carbonyl (C=O) groups is 2. The lowest BCUT2D eigenvalue weighted by Crippen LogP contribution is -2.44. The highest BCUT2D eigenvalue weighted by molar-refractivity contribution is 7.10. The van der Waals surface area contributed by atoms with Crippen molar-refractivity contribution in [3.63, 3.8) is 0 Å². The second kappa shape index (κ2) is 8.05. The summed E-state index contributed by atoms with van der Waals surface area (Å²) in [5, 5.41) is 7.88. The summed E-state index contributed by atoms with van der Waals surface area (Å²) in [5.74, 6) is 0.401. The Hall–Kier alpha value is -2.18. The summed E-state index contributed by atoms with van der Waals surface area (Å²) in [6.45, 7) is 5.20. The van der Waals surface area contributed by atoms with Crippen molar-refractivity contribution in [2.24, 2.45) is 5.92 Å². The summed E-state index contributed by atoms with van der Waals surface area (Å²) < 4.78 is 0. The molecule has 1 saturated carbocycles. The summed E-state index contributed by atoms with van der Waals surface area (Å²) in [7, 11) is 0. The summed E-state index contributed by atoms with van der Waals surface area (Å²) in [5.41, 5.74) is 4.29. The van der Waals surface area contributed by atoms with Gasteiger partial charge in [-0.3, -0.25) is 14.5 Å². The number of fused-ring (bicyclic) bond motifs is 1. The fraction of sp³-hybridized carbons (Fsp3) is 0.455. The molecule has 1 aromatic carbocycles. The van der Waals surface area contributed by atoms with Crippen LogP contribution in [0, 0.1) is 19.8 Å². The molecule has 1 aromatic heterocycles. The Kier molecular flexibility index (Phi) is 5.51. The van der Waals surface area contributed by atoms with Crippen molar-refractivity contribution in [2.75, 3.05) is 25.0 Å². The fourth-order valence-corrected chi connectivity index (χ4v) is 5.07. The molecule has 6 heteroatoms. The van der Waals surface area contributed by atoms with Crippen LogP contribution in [0.1, 0.15) is 40.5 Å². The number of para-hydroxylation sites is 1. The van der Waals surface area contributed by atoms with E-state index in [-0.39, 0.29) is 18.4 Å². The van der Waals surface area contributed by atoms with Crippen LogP contribution in [0.3, 0.4) is 0 Å². The highest BCUT2D eigenvalue weighted by atomic mass is 32.1. The lowest BCUT2D eigenvalue weighted by atomic mass is 9.96. The summed E-state index contributed by atoms with van der Waals surface area (Å²) in [4.78, 5) is 28.6. The number of amides is 2. The minimum Gasteiger partial charge on any atom is -0.346 e. The number of nitrogens with one attached hydrogen (secondary N) is 2. The van der Waals surface area contributed by atoms with Crippen LogP contribution in [0.5, 0.6) is 0 Å². The number of hydrogen-bond donors (Lipinski definition) is 2. The van der Waals surface area contributed by atoms with Crippen LogP contribution < -0.4 is 10.6 Å². The van der Waals surface area contributed by atoms with Crippen LogP contribution in [0.4, 0.5) is 5.69 Å². The van der Waals surface area contributed by atoms with Crippen molar-refractivity contribution >= 4 is 28.8 Å². The fourth-order valence-electron chi connectivity index (χ4n) is 4.15. The number of thiophene rings is 1. The quantitative estimate of drug-likeness (QED) is 0.785. The predicted molar refractivity (Wildman–Crippen MR) is 113 cm³/mol. The highest BCUT2D eigenvalue weighted by Crippen LogP contribution is 2.48. The molecule has 0 saturated heterocycles. The van der Waals surface area contributed by atoms with E-state index in [0.717, 1.165) is 29.8 Å². The Bertz CT molecular complexity index is 867. The first-order chi connectivity index (χ1) is 13.5. The van der Waals surface area contributed by atoms with E-state index < -0.39 is 0 Å².